The summed E-state index contributed by atoms with van der Waals surface area (Å²) >= 11 is 6.03. The van der Waals surface area contributed by atoms with Crippen molar-refractivity contribution in [3.63, 3.8) is 0 Å². The highest BCUT2D eigenvalue weighted by Gasteiger charge is 2.40. The summed E-state index contributed by atoms with van der Waals surface area (Å²) in [5, 5.41) is 6.40. The monoisotopic (exact) mass is 407 g/mol. The van der Waals surface area contributed by atoms with Crippen LogP contribution in [0.25, 0.3) is 0 Å². The van der Waals surface area contributed by atoms with Crippen LogP contribution in [0.3, 0.4) is 0 Å². The number of hydrogen-bond acceptors (Lipinski definition) is 2. The van der Waals surface area contributed by atoms with Crippen LogP contribution in [0.15, 0.2) is 24.3 Å². The molecule has 156 valence electrons. The molecule has 1 aromatic carbocycles. The van der Waals surface area contributed by atoms with Gasteiger partial charge in [0.05, 0.1) is 0 Å². The molecule has 0 radical (unpaired) electrons. The SMILES string of the molecule is CC(C)NC(=O)NC(C(=O)N1CCC(c2ccc(Cl)cc2)C(C)(C)C1)C(C)C. The molecule has 3 amide bonds. The molecule has 0 saturated carbocycles. The number of piperidine rings is 1. The van der Waals surface area contributed by atoms with E-state index in [1.807, 2.05) is 44.7 Å². The third-order valence-electron chi connectivity index (χ3n) is 5.45. The van der Waals surface area contributed by atoms with Gasteiger partial charge < -0.3 is 15.5 Å². The summed E-state index contributed by atoms with van der Waals surface area (Å²) in [4.78, 5) is 27.3. The van der Waals surface area contributed by atoms with E-state index in [9.17, 15) is 9.59 Å². The molecule has 1 heterocycles. The first-order valence-electron chi connectivity index (χ1n) is 10.1. The van der Waals surface area contributed by atoms with Gasteiger partial charge in [0.15, 0.2) is 0 Å². The van der Waals surface area contributed by atoms with Gasteiger partial charge in [0.1, 0.15) is 6.04 Å². The predicted octanol–water partition coefficient (Wildman–Crippen LogP) is 4.41. The van der Waals surface area contributed by atoms with Crippen molar-refractivity contribution in [3.8, 4) is 0 Å². The molecule has 0 spiro atoms. The van der Waals surface area contributed by atoms with E-state index in [0.29, 0.717) is 19.0 Å². The molecule has 28 heavy (non-hydrogen) atoms. The van der Waals surface area contributed by atoms with Gasteiger partial charge in [-0.2, -0.15) is 0 Å². The predicted molar refractivity (Wildman–Crippen MR) is 115 cm³/mol. The number of amides is 3. The first-order valence-corrected chi connectivity index (χ1v) is 10.5. The summed E-state index contributed by atoms with van der Waals surface area (Å²) in [6.45, 7) is 13.5. The van der Waals surface area contributed by atoms with Crippen molar-refractivity contribution in [1.82, 2.24) is 15.5 Å². The third kappa shape index (κ3) is 5.63. The number of likely N-dealkylation sites (tertiary alicyclic amines) is 1. The van der Waals surface area contributed by atoms with Gasteiger partial charge in [-0.3, -0.25) is 4.79 Å². The number of halogens is 1. The maximum Gasteiger partial charge on any atom is 0.315 e. The molecule has 1 aliphatic rings. The lowest BCUT2D eigenvalue weighted by molar-refractivity contribution is -0.137. The molecule has 1 saturated heterocycles. The van der Waals surface area contributed by atoms with Gasteiger partial charge in [0, 0.05) is 24.2 Å². The molecule has 1 aromatic rings. The van der Waals surface area contributed by atoms with Gasteiger partial charge in [-0.05, 0) is 55.2 Å². The van der Waals surface area contributed by atoms with Crippen molar-refractivity contribution >= 4 is 23.5 Å². The van der Waals surface area contributed by atoms with Gasteiger partial charge in [-0.25, -0.2) is 4.79 Å². The molecule has 2 N–H and O–H groups in total. The number of carbonyl (C=O) groups is 2. The van der Waals surface area contributed by atoms with Crippen molar-refractivity contribution in [3.05, 3.63) is 34.9 Å². The summed E-state index contributed by atoms with van der Waals surface area (Å²) in [6, 6.07) is 7.23. The Morgan fingerprint density at radius 1 is 1.11 bits per heavy atom. The van der Waals surface area contributed by atoms with Crippen molar-refractivity contribution in [1.29, 1.82) is 0 Å². The second kappa shape index (κ2) is 9.17. The van der Waals surface area contributed by atoms with E-state index in [0.717, 1.165) is 11.4 Å². The lowest BCUT2D eigenvalue weighted by Gasteiger charge is -2.45. The van der Waals surface area contributed by atoms with Crippen LogP contribution in [0.4, 0.5) is 4.79 Å². The molecular formula is C22H34ClN3O2. The standard InChI is InChI=1S/C22H34ClN3O2/c1-14(2)19(25-21(28)24-15(3)4)20(27)26-12-11-18(22(5,6)13-26)16-7-9-17(23)10-8-16/h7-10,14-15,18-19H,11-13H2,1-6H3,(H2,24,25,28). The summed E-state index contributed by atoms with van der Waals surface area (Å²) < 4.78 is 0. The molecule has 0 bridgehead atoms. The Morgan fingerprint density at radius 2 is 1.71 bits per heavy atom. The van der Waals surface area contributed by atoms with Crippen LogP contribution in [0.2, 0.25) is 5.02 Å². The minimum Gasteiger partial charge on any atom is -0.340 e. The van der Waals surface area contributed by atoms with Crippen molar-refractivity contribution in [2.45, 2.75) is 66.0 Å². The third-order valence-corrected chi connectivity index (χ3v) is 5.70. The summed E-state index contributed by atoms with van der Waals surface area (Å²) in [6.07, 6.45) is 0.892. The Labute approximate surface area is 174 Å². The van der Waals surface area contributed by atoms with Crippen LogP contribution in [0.5, 0.6) is 0 Å². The number of carbonyl (C=O) groups excluding carboxylic acids is 2. The molecule has 0 aromatic heterocycles. The fraction of sp³-hybridized carbons (Fsp3) is 0.636. The van der Waals surface area contributed by atoms with E-state index in [-0.39, 0.29) is 29.3 Å². The van der Waals surface area contributed by atoms with Gasteiger partial charge in [-0.15, -0.1) is 0 Å². The average Bonchev–Trinajstić information content (AvgIpc) is 2.58. The van der Waals surface area contributed by atoms with Crippen LogP contribution in [0.1, 0.15) is 59.4 Å². The Balaban J connectivity index is 2.10. The van der Waals surface area contributed by atoms with E-state index in [2.05, 4.69) is 36.6 Å². The Kier molecular flexibility index (Phi) is 7.38. The van der Waals surface area contributed by atoms with Crippen LogP contribution < -0.4 is 10.6 Å². The molecule has 6 heteroatoms. The van der Waals surface area contributed by atoms with Crippen LogP contribution in [0, 0.1) is 11.3 Å². The summed E-state index contributed by atoms with van der Waals surface area (Å²) in [5.74, 6) is 0.377. The zero-order valence-corrected chi connectivity index (χ0v) is 18.6. The zero-order chi connectivity index (χ0) is 21.1. The van der Waals surface area contributed by atoms with Crippen molar-refractivity contribution in [2.24, 2.45) is 11.3 Å². The summed E-state index contributed by atoms with van der Waals surface area (Å²) in [7, 11) is 0. The molecule has 1 fully saturated rings. The number of benzene rings is 1. The molecule has 0 aliphatic carbocycles. The minimum atomic E-state index is -0.526. The maximum absolute atomic E-state index is 13.2. The number of nitrogens with one attached hydrogen (secondary N) is 2. The van der Waals surface area contributed by atoms with E-state index in [4.69, 9.17) is 11.6 Å². The van der Waals surface area contributed by atoms with E-state index >= 15 is 0 Å². The first-order chi connectivity index (χ1) is 13.0. The maximum atomic E-state index is 13.2. The average molecular weight is 408 g/mol. The lowest BCUT2D eigenvalue weighted by atomic mass is 9.70. The Morgan fingerprint density at radius 3 is 2.21 bits per heavy atom. The van der Waals surface area contributed by atoms with Crippen molar-refractivity contribution in [2.75, 3.05) is 13.1 Å². The molecule has 5 nitrogen and oxygen atoms in total. The van der Waals surface area contributed by atoms with Crippen LogP contribution in [-0.2, 0) is 4.79 Å². The zero-order valence-electron chi connectivity index (χ0n) is 17.9. The topological polar surface area (TPSA) is 61.4 Å². The second-order valence-electron chi connectivity index (χ2n) is 9.14. The molecule has 2 rings (SSSR count). The van der Waals surface area contributed by atoms with E-state index < -0.39 is 6.04 Å². The largest absolute Gasteiger partial charge is 0.340 e. The minimum absolute atomic E-state index is 0.00321. The highest BCUT2D eigenvalue weighted by atomic mass is 35.5. The second-order valence-corrected chi connectivity index (χ2v) is 9.57. The van der Waals surface area contributed by atoms with Gasteiger partial charge in [-0.1, -0.05) is 51.4 Å². The molecule has 1 aliphatic heterocycles. The van der Waals surface area contributed by atoms with Gasteiger partial charge >= 0.3 is 6.03 Å². The molecular weight excluding hydrogens is 374 g/mol. The van der Waals surface area contributed by atoms with Gasteiger partial charge in [0.2, 0.25) is 5.91 Å². The first kappa shape index (κ1) is 22.5. The fourth-order valence-corrected chi connectivity index (χ4v) is 4.14. The smallest absolute Gasteiger partial charge is 0.315 e. The van der Waals surface area contributed by atoms with E-state index in [1.54, 1.807) is 0 Å². The number of hydrogen-bond donors (Lipinski definition) is 2. The number of nitrogens with zero attached hydrogens (tertiary/aromatic N) is 1. The van der Waals surface area contributed by atoms with Gasteiger partial charge in [0.25, 0.3) is 0 Å². The molecule has 2 unspecified atom stereocenters. The molecule has 2 atom stereocenters. The fourth-order valence-electron chi connectivity index (χ4n) is 4.01. The quantitative estimate of drug-likeness (QED) is 0.759. The number of rotatable bonds is 5. The van der Waals surface area contributed by atoms with Crippen LogP contribution in [-0.4, -0.2) is 42.0 Å². The van der Waals surface area contributed by atoms with Crippen molar-refractivity contribution < 1.29 is 9.59 Å². The van der Waals surface area contributed by atoms with Crippen LogP contribution >= 0.6 is 11.6 Å². The number of urea groups is 1. The lowest BCUT2D eigenvalue weighted by Crippen LogP contribution is -2.57. The highest BCUT2D eigenvalue weighted by molar-refractivity contribution is 6.30. The summed E-state index contributed by atoms with van der Waals surface area (Å²) in [5.41, 5.74) is 1.19. The normalized spacial score (nSPS) is 20.2. The Hall–Kier alpha value is -1.75. The Bertz CT molecular complexity index is 686. The van der Waals surface area contributed by atoms with E-state index in [1.165, 1.54) is 5.56 Å². The highest BCUT2D eigenvalue weighted by Crippen LogP contribution is 2.42.